The molecule has 0 aliphatic heterocycles. The van der Waals surface area contributed by atoms with Crippen LogP contribution in [0.1, 0.15) is 19.4 Å². The van der Waals surface area contributed by atoms with Gasteiger partial charge in [0, 0.05) is 33.7 Å². The first kappa shape index (κ1) is 14.6. The molecule has 0 saturated heterocycles. The van der Waals surface area contributed by atoms with Crippen LogP contribution in [0, 0.1) is 5.92 Å². The Morgan fingerprint density at radius 1 is 1.21 bits per heavy atom. The van der Waals surface area contributed by atoms with Crippen LogP contribution in [-0.4, -0.2) is 30.2 Å². The van der Waals surface area contributed by atoms with E-state index in [2.05, 4.69) is 79.9 Å². The molecule has 0 spiro atoms. The van der Waals surface area contributed by atoms with Crippen molar-refractivity contribution in [2.75, 3.05) is 21.1 Å². The molecule has 0 N–H and O–H groups in total. The molecule has 2 nitrogen and oxygen atoms in total. The van der Waals surface area contributed by atoms with Crippen LogP contribution in [0.5, 0.6) is 0 Å². The maximum atomic E-state index is 3.59. The van der Waals surface area contributed by atoms with Gasteiger partial charge in [-0.2, -0.15) is 0 Å². The van der Waals surface area contributed by atoms with Gasteiger partial charge < -0.3 is 9.05 Å². The lowest BCUT2D eigenvalue weighted by Gasteiger charge is -2.23. The minimum Gasteiger partial charge on any atom is -0.347 e. The molecular formula is C16H24BrN2+. The van der Waals surface area contributed by atoms with Crippen molar-refractivity contribution in [2.24, 2.45) is 5.92 Å². The second-order valence-corrected chi connectivity index (χ2v) is 7.73. The lowest BCUT2D eigenvalue weighted by Crippen LogP contribution is -2.33. The molecule has 0 amide bonds. The number of hydrogen-bond acceptors (Lipinski definition) is 0. The number of halogens is 1. The highest BCUT2D eigenvalue weighted by Crippen LogP contribution is 2.27. The molecule has 2 rings (SSSR count). The quantitative estimate of drug-likeness (QED) is 0.741. The van der Waals surface area contributed by atoms with Gasteiger partial charge in [0.15, 0.2) is 0 Å². The third kappa shape index (κ3) is 3.61. The van der Waals surface area contributed by atoms with E-state index in [-0.39, 0.29) is 0 Å². The normalized spacial score (nSPS) is 12.6. The Kier molecular flexibility index (Phi) is 4.07. The first-order valence-corrected chi connectivity index (χ1v) is 7.63. The Morgan fingerprint density at radius 2 is 1.89 bits per heavy atom. The standard InChI is InChI=1S/C16H24BrN2/c1-12(2)9-18-10-13(11-19(3,4)5)15-7-6-14(17)8-16(15)18/h6-8,10,12H,9,11H2,1-5H3/q+1. The summed E-state index contributed by atoms with van der Waals surface area (Å²) in [7, 11) is 6.72. The molecule has 0 aliphatic rings. The maximum Gasteiger partial charge on any atom is 0.106 e. The molecule has 0 atom stereocenters. The van der Waals surface area contributed by atoms with Gasteiger partial charge in [0.1, 0.15) is 6.54 Å². The fraction of sp³-hybridized carbons (Fsp3) is 0.500. The van der Waals surface area contributed by atoms with Crippen molar-refractivity contribution in [2.45, 2.75) is 26.9 Å². The van der Waals surface area contributed by atoms with Gasteiger partial charge in [-0.05, 0) is 18.1 Å². The monoisotopic (exact) mass is 323 g/mol. The molecular weight excluding hydrogens is 300 g/mol. The average Bonchev–Trinajstić information content (AvgIpc) is 2.53. The van der Waals surface area contributed by atoms with Gasteiger partial charge in [-0.15, -0.1) is 0 Å². The Labute approximate surface area is 124 Å². The van der Waals surface area contributed by atoms with E-state index in [1.807, 2.05) is 0 Å². The summed E-state index contributed by atoms with van der Waals surface area (Å²) in [5.74, 6) is 0.659. The van der Waals surface area contributed by atoms with Crippen molar-refractivity contribution >= 4 is 26.8 Å². The molecule has 104 valence electrons. The lowest BCUT2D eigenvalue weighted by atomic mass is 10.1. The fourth-order valence-corrected chi connectivity index (χ4v) is 2.87. The van der Waals surface area contributed by atoms with Gasteiger partial charge in [-0.1, -0.05) is 35.8 Å². The number of nitrogens with zero attached hydrogens (tertiary/aromatic N) is 2. The van der Waals surface area contributed by atoms with Crippen molar-refractivity contribution in [1.82, 2.24) is 4.57 Å². The average molecular weight is 324 g/mol. The van der Waals surface area contributed by atoms with E-state index in [0.29, 0.717) is 5.92 Å². The van der Waals surface area contributed by atoms with Crippen LogP contribution in [0.3, 0.4) is 0 Å². The topological polar surface area (TPSA) is 4.93 Å². The van der Waals surface area contributed by atoms with E-state index >= 15 is 0 Å². The van der Waals surface area contributed by atoms with Crippen LogP contribution >= 0.6 is 15.9 Å². The van der Waals surface area contributed by atoms with Crippen molar-refractivity contribution in [3.63, 3.8) is 0 Å². The molecule has 3 heteroatoms. The van der Waals surface area contributed by atoms with Crippen LogP contribution in [0.2, 0.25) is 0 Å². The van der Waals surface area contributed by atoms with E-state index in [9.17, 15) is 0 Å². The summed E-state index contributed by atoms with van der Waals surface area (Å²) in [6.45, 7) is 6.67. The molecule has 0 radical (unpaired) electrons. The summed E-state index contributed by atoms with van der Waals surface area (Å²) in [6, 6.07) is 6.61. The number of benzene rings is 1. The van der Waals surface area contributed by atoms with Gasteiger partial charge >= 0.3 is 0 Å². The molecule has 0 fully saturated rings. The van der Waals surface area contributed by atoms with Gasteiger partial charge in [0.05, 0.1) is 21.1 Å². The van der Waals surface area contributed by atoms with Gasteiger partial charge in [0.2, 0.25) is 0 Å². The van der Waals surface area contributed by atoms with Crippen LogP contribution in [0.4, 0.5) is 0 Å². The fourth-order valence-electron chi connectivity index (χ4n) is 2.52. The third-order valence-corrected chi connectivity index (χ3v) is 3.63. The highest BCUT2D eigenvalue weighted by Gasteiger charge is 2.16. The maximum absolute atomic E-state index is 3.59. The predicted octanol–water partition coefficient (Wildman–Crippen LogP) is 4.27. The SMILES string of the molecule is CC(C)Cn1cc(C[N+](C)(C)C)c2ccc(Br)cc21. The molecule has 0 unspecified atom stereocenters. The first-order valence-electron chi connectivity index (χ1n) is 6.84. The molecule has 0 saturated carbocycles. The number of rotatable bonds is 4. The van der Waals surface area contributed by atoms with Crippen molar-refractivity contribution in [3.8, 4) is 0 Å². The van der Waals surface area contributed by atoms with Crippen LogP contribution < -0.4 is 0 Å². The molecule has 19 heavy (non-hydrogen) atoms. The summed E-state index contributed by atoms with van der Waals surface area (Å²) in [4.78, 5) is 0. The Bertz CT molecular complexity index is 576. The minimum absolute atomic E-state index is 0.659. The van der Waals surface area contributed by atoms with Crippen LogP contribution in [0.25, 0.3) is 10.9 Å². The Balaban J connectivity index is 2.53. The largest absolute Gasteiger partial charge is 0.347 e. The molecule has 1 heterocycles. The van der Waals surface area contributed by atoms with E-state index in [1.165, 1.54) is 16.5 Å². The smallest absolute Gasteiger partial charge is 0.106 e. The van der Waals surface area contributed by atoms with Crippen molar-refractivity contribution < 1.29 is 4.48 Å². The number of fused-ring (bicyclic) bond motifs is 1. The molecule has 0 bridgehead atoms. The van der Waals surface area contributed by atoms with Gasteiger partial charge in [-0.25, -0.2) is 0 Å². The second-order valence-electron chi connectivity index (χ2n) is 6.81. The van der Waals surface area contributed by atoms with E-state index in [0.717, 1.165) is 22.0 Å². The van der Waals surface area contributed by atoms with Crippen molar-refractivity contribution in [3.05, 3.63) is 34.4 Å². The molecule has 1 aromatic carbocycles. The zero-order chi connectivity index (χ0) is 14.2. The van der Waals surface area contributed by atoms with Crippen LogP contribution in [-0.2, 0) is 13.1 Å². The number of quaternary nitrogens is 1. The highest BCUT2D eigenvalue weighted by atomic mass is 79.9. The lowest BCUT2D eigenvalue weighted by molar-refractivity contribution is -0.883. The van der Waals surface area contributed by atoms with Crippen LogP contribution in [0.15, 0.2) is 28.9 Å². The summed E-state index contributed by atoms with van der Waals surface area (Å²) in [5.41, 5.74) is 2.78. The predicted molar refractivity (Wildman–Crippen MR) is 86.2 cm³/mol. The van der Waals surface area contributed by atoms with E-state index in [1.54, 1.807) is 0 Å². The van der Waals surface area contributed by atoms with Gasteiger partial charge in [0.25, 0.3) is 0 Å². The third-order valence-electron chi connectivity index (χ3n) is 3.13. The van der Waals surface area contributed by atoms with E-state index < -0.39 is 0 Å². The molecule has 0 aliphatic carbocycles. The summed E-state index contributed by atoms with van der Waals surface area (Å²) >= 11 is 3.59. The first-order chi connectivity index (χ1) is 8.76. The number of hydrogen-bond donors (Lipinski definition) is 0. The Hall–Kier alpha value is -0.800. The molecule has 2 aromatic rings. The molecule has 1 aromatic heterocycles. The summed E-state index contributed by atoms with van der Waals surface area (Å²) < 4.78 is 4.51. The van der Waals surface area contributed by atoms with Gasteiger partial charge in [-0.3, -0.25) is 0 Å². The zero-order valence-corrected chi connectivity index (χ0v) is 14.2. The number of aromatic nitrogens is 1. The second kappa shape index (κ2) is 5.29. The highest BCUT2D eigenvalue weighted by molar-refractivity contribution is 9.10. The Morgan fingerprint density at radius 3 is 2.47 bits per heavy atom. The summed E-state index contributed by atoms with van der Waals surface area (Å²) in [6.07, 6.45) is 2.33. The zero-order valence-electron chi connectivity index (χ0n) is 12.6. The van der Waals surface area contributed by atoms with E-state index in [4.69, 9.17) is 0 Å². The minimum atomic E-state index is 0.659. The summed E-state index contributed by atoms with van der Waals surface area (Å²) in [5, 5.41) is 1.39. The van der Waals surface area contributed by atoms with Crippen molar-refractivity contribution in [1.29, 1.82) is 0 Å².